The molecule has 27 heavy (non-hydrogen) atoms. The van der Waals surface area contributed by atoms with Gasteiger partial charge in [-0.3, -0.25) is 4.99 Å². The maximum Gasteiger partial charge on any atom is 0.220 e. The molecule has 0 aliphatic carbocycles. The zero-order valence-corrected chi connectivity index (χ0v) is 19.1. The van der Waals surface area contributed by atoms with Gasteiger partial charge in [0.1, 0.15) is 12.0 Å². The average Bonchev–Trinajstić information content (AvgIpc) is 3.14. The SMILES string of the molecule is CN=C(NCCCCCOC)N1CCN(S(=O)(=O)Cc2ccon2)CC1.I. The number of methoxy groups -OCH3 is 1. The molecule has 0 radical (unpaired) electrons. The van der Waals surface area contributed by atoms with E-state index in [1.807, 2.05) is 0 Å². The normalized spacial score (nSPS) is 16.2. The van der Waals surface area contributed by atoms with Crippen molar-refractivity contribution in [2.45, 2.75) is 25.0 Å². The first-order chi connectivity index (χ1) is 12.6. The molecule has 1 aliphatic rings. The number of hydrogen-bond acceptors (Lipinski definition) is 6. The molecule has 0 spiro atoms. The van der Waals surface area contributed by atoms with Gasteiger partial charge in [0, 0.05) is 59.6 Å². The van der Waals surface area contributed by atoms with Crippen LogP contribution in [0.2, 0.25) is 0 Å². The lowest BCUT2D eigenvalue weighted by molar-refractivity contribution is 0.192. The molecule has 0 bridgehead atoms. The number of guanidine groups is 1. The van der Waals surface area contributed by atoms with Gasteiger partial charge in [0.05, 0.1) is 5.69 Å². The zero-order chi connectivity index (χ0) is 18.8. The molecule has 9 nitrogen and oxygen atoms in total. The Morgan fingerprint density at radius 2 is 2.04 bits per heavy atom. The summed E-state index contributed by atoms with van der Waals surface area (Å²) in [5, 5.41) is 7.04. The Balaban J connectivity index is 0.00000364. The predicted molar refractivity (Wildman–Crippen MR) is 115 cm³/mol. The monoisotopic (exact) mass is 515 g/mol. The molecular weight excluding hydrogens is 485 g/mol. The van der Waals surface area contributed by atoms with Crippen LogP contribution in [0.3, 0.4) is 0 Å². The minimum absolute atomic E-state index is 0. The Labute approximate surface area is 178 Å². The van der Waals surface area contributed by atoms with Crippen LogP contribution in [0.5, 0.6) is 0 Å². The van der Waals surface area contributed by atoms with E-state index in [4.69, 9.17) is 9.26 Å². The van der Waals surface area contributed by atoms with Crippen molar-refractivity contribution in [2.75, 3.05) is 53.5 Å². The Kier molecular flexibility index (Phi) is 11.2. The molecule has 11 heteroatoms. The summed E-state index contributed by atoms with van der Waals surface area (Å²) in [6.45, 7) is 3.74. The second-order valence-electron chi connectivity index (χ2n) is 6.16. The highest BCUT2D eigenvalue weighted by atomic mass is 127. The maximum absolute atomic E-state index is 12.5. The third kappa shape index (κ3) is 7.92. The van der Waals surface area contributed by atoms with Crippen LogP contribution in [0.25, 0.3) is 0 Å². The molecule has 0 unspecified atom stereocenters. The number of halogens is 1. The smallest absolute Gasteiger partial charge is 0.220 e. The minimum Gasteiger partial charge on any atom is -0.385 e. The van der Waals surface area contributed by atoms with Gasteiger partial charge in [-0.25, -0.2) is 8.42 Å². The largest absolute Gasteiger partial charge is 0.385 e. The number of aromatic nitrogens is 1. The van der Waals surface area contributed by atoms with Crippen molar-refractivity contribution in [2.24, 2.45) is 4.99 Å². The summed E-state index contributed by atoms with van der Waals surface area (Å²) in [7, 11) is 0.0850. The van der Waals surface area contributed by atoms with Crippen molar-refractivity contribution < 1.29 is 17.7 Å². The number of piperazine rings is 1. The van der Waals surface area contributed by atoms with Gasteiger partial charge in [0.25, 0.3) is 0 Å². The van der Waals surface area contributed by atoms with Crippen molar-refractivity contribution in [3.05, 3.63) is 18.0 Å². The highest BCUT2D eigenvalue weighted by Gasteiger charge is 2.28. The third-order valence-corrected chi connectivity index (χ3v) is 6.09. The molecule has 0 atom stereocenters. The van der Waals surface area contributed by atoms with Gasteiger partial charge in [-0.1, -0.05) is 5.16 Å². The number of rotatable bonds is 9. The lowest BCUT2D eigenvalue weighted by Gasteiger charge is -2.35. The maximum atomic E-state index is 12.5. The van der Waals surface area contributed by atoms with E-state index in [1.165, 1.54) is 10.6 Å². The van der Waals surface area contributed by atoms with Crippen LogP contribution < -0.4 is 5.32 Å². The van der Waals surface area contributed by atoms with Gasteiger partial charge in [0.15, 0.2) is 5.96 Å². The number of aliphatic imine (C=N–C) groups is 1. The third-order valence-electron chi connectivity index (χ3n) is 4.27. The zero-order valence-electron chi connectivity index (χ0n) is 16.0. The van der Waals surface area contributed by atoms with E-state index in [0.29, 0.717) is 31.9 Å². The van der Waals surface area contributed by atoms with Gasteiger partial charge in [-0.05, 0) is 19.3 Å². The van der Waals surface area contributed by atoms with Gasteiger partial charge >= 0.3 is 0 Å². The molecule has 1 aromatic heterocycles. The van der Waals surface area contributed by atoms with Crippen LogP contribution in [-0.4, -0.2) is 82.2 Å². The second kappa shape index (κ2) is 12.5. The Bertz CT molecular complexity index is 646. The van der Waals surface area contributed by atoms with Crippen LogP contribution in [0.4, 0.5) is 0 Å². The summed E-state index contributed by atoms with van der Waals surface area (Å²) in [6, 6.07) is 1.58. The number of hydrogen-bond donors (Lipinski definition) is 1. The van der Waals surface area contributed by atoms with Crippen molar-refractivity contribution in [1.82, 2.24) is 19.7 Å². The predicted octanol–water partition coefficient (Wildman–Crippen LogP) is 1.13. The van der Waals surface area contributed by atoms with E-state index >= 15 is 0 Å². The van der Waals surface area contributed by atoms with Crippen LogP contribution >= 0.6 is 24.0 Å². The molecule has 1 N–H and O–H groups in total. The van der Waals surface area contributed by atoms with Crippen LogP contribution in [-0.2, 0) is 20.5 Å². The number of unbranched alkanes of at least 4 members (excludes halogenated alkanes) is 2. The summed E-state index contributed by atoms with van der Waals surface area (Å²) in [4.78, 5) is 6.40. The average molecular weight is 515 g/mol. The molecule has 0 amide bonds. The Morgan fingerprint density at radius 3 is 2.63 bits per heavy atom. The minimum atomic E-state index is -3.38. The van der Waals surface area contributed by atoms with Crippen molar-refractivity contribution in [3.63, 3.8) is 0 Å². The molecular formula is C16H30IN5O4S. The van der Waals surface area contributed by atoms with Crippen LogP contribution in [0, 0.1) is 0 Å². The quantitative estimate of drug-likeness (QED) is 0.228. The summed E-state index contributed by atoms with van der Waals surface area (Å²) in [5.41, 5.74) is 0.429. The van der Waals surface area contributed by atoms with Gasteiger partial charge in [0.2, 0.25) is 10.0 Å². The molecule has 1 aromatic rings. The Morgan fingerprint density at radius 1 is 1.30 bits per heavy atom. The van der Waals surface area contributed by atoms with Crippen molar-refractivity contribution >= 4 is 40.0 Å². The first-order valence-electron chi connectivity index (χ1n) is 8.88. The molecule has 156 valence electrons. The first-order valence-corrected chi connectivity index (χ1v) is 10.5. The molecule has 2 heterocycles. The van der Waals surface area contributed by atoms with E-state index < -0.39 is 10.0 Å². The number of nitrogens with one attached hydrogen (secondary N) is 1. The molecule has 1 fully saturated rings. The van der Waals surface area contributed by atoms with Crippen molar-refractivity contribution in [3.8, 4) is 0 Å². The van der Waals surface area contributed by atoms with Crippen molar-refractivity contribution in [1.29, 1.82) is 0 Å². The molecule has 2 rings (SSSR count). The first kappa shape index (κ1) is 24.1. The lowest BCUT2D eigenvalue weighted by atomic mass is 10.2. The number of sulfonamides is 1. The van der Waals surface area contributed by atoms with E-state index in [0.717, 1.165) is 38.4 Å². The number of nitrogens with zero attached hydrogens (tertiary/aromatic N) is 4. The summed E-state index contributed by atoms with van der Waals surface area (Å²) in [5.74, 6) is 0.697. The van der Waals surface area contributed by atoms with Gasteiger partial charge in [-0.2, -0.15) is 4.31 Å². The van der Waals surface area contributed by atoms with E-state index in [9.17, 15) is 8.42 Å². The van der Waals surface area contributed by atoms with Crippen LogP contribution in [0.15, 0.2) is 21.8 Å². The molecule has 0 aromatic carbocycles. The highest BCUT2D eigenvalue weighted by Crippen LogP contribution is 2.12. The lowest BCUT2D eigenvalue weighted by Crippen LogP contribution is -2.54. The van der Waals surface area contributed by atoms with E-state index in [2.05, 4.69) is 20.4 Å². The van der Waals surface area contributed by atoms with Gasteiger partial charge in [-0.15, -0.1) is 24.0 Å². The molecule has 0 saturated carbocycles. The fourth-order valence-corrected chi connectivity index (χ4v) is 4.27. The van der Waals surface area contributed by atoms with E-state index in [-0.39, 0.29) is 29.7 Å². The fraction of sp³-hybridized carbons (Fsp3) is 0.750. The summed E-state index contributed by atoms with van der Waals surface area (Å²) >= 11 is 0. The van der Waals surface area contributed by atoms with E-state index in [1.54, 1.807) is 20.2 Å². The Hall–Kier alpha value is -0.920. The standard InChI is InChI=1S/C16H29N5O4S.HI/c1-17-16(18-7-4-3-5-12-24-2)20-8-10-21(11-9-20)26(22,23)14-15-6-13-25-19-15;/h6,13H,3-5,7-12,14H2,1-2H3,(H,17,18);1H. The summed E-state index contributed by atoms with van der Waals surface area (Å²) < 4.78 is 36.2. The van der Waals surface area contributed by atoms with Gasteiger partial charge < -0.3 is 19.5 Å². The number of ether oxygens (including phenoxy) is 1. The second-order valence-corrected chi connectivity index (χ2v) is 8.13. The molecule has 1 aliphatic heterocycles. The highest BCUT2D eigenvalue weighted by molar-refractivity contribution is 14.0. The van der Waals surface area contributed by atoms with Crippen LogP contribution in [0.1, 0.15) is 25.0 Å². The molecule has 1 saturated heterocycles. The fourth-order valence-electron chi connectivity index (χ4n) is 2.85. The topological polar surface area (TPSA) is 100 Å². The summed E-state index contributed by atoms with van der Waals surface area (Å²) in [6.07, 6.45) is 4.59.